The van der Waals surface area contributed by atoms with E-state index in [0.717, 1.165) is 28.7 Å². The molecule has 21 heavy (non-hydrogen) atoms. The Morgan fingerprint density at radius 1 is 1.43 bits per heavy atom. The fourth-order valence-corrected chi connectivity index (χ4v) is 2.79. The van der Waals surface area contributed by atoms with Crippen molar-refractivity contribution in [1.29, 1.82) is 0 Å². The molecule has 1 aromatic carbocycles. The molecule has 112 valence electrons. The van der Waals surface area contributed by atoms with Crippen LogP contribution in [0, 0.1) is 6.92 Å². The van der Waals surface area contributed by atoms with Crippen LogP contribution in [0.1, 0.15) is 11.3 Å². The first-order valence-electron chi connectivity index (χ1n) is 7.22. The topological polar surface area (TPSA) is 65.6 Å². The van der Waals surface area contributed by atoms with Crippen LogP contribution in [0.3, 0.4) is 0 Å². The van der Waals surface area contributed by atoms with E-state index >= 15 is 0 Å². The lowest BCUT2D eigenvalue weighted by Gasteiger charge is -2.34. The molecular weight excluding hydrogens is 268 g/mol. The van der Waals surface area contributed by atoms with Crippen LogP contribution >= 0.6 is 0 Å². The zero-order chi connectivity index (χ0) is 14.8. The summed E-state index contributed by atoms with van der Waals surface area (Å²) in [6.45, 7) is 4.62. The van der Waals surface area contributed by atoms with Crippen molar-refractivity contribution in [2.24, 2.45) is 0 Å². The molecule has 0 aliphatic carbocycles. The quantitative estimate of drug-likeness (QED) is 0.885. The summed E-state index contributed by atoms with van der Waals surface area (Å²) < 4.78 is 5.37. The lowest BCUT2D eigenvalue weighted by atomic mass is 10.1. The number of aliphatic hydroxyl groups is 1. The van der Waals surface area contributed by atoms with Crippen molar-refractivity contribution in [3.8, 4) is 0 Å². The molecular formula is C16H20N2O3. The number of aromatic nitrogens is 1. The monoisotopic (exact) mass is 288 g/mol. The Bertz CT molecular complexity index is 695. The summed E-state index contributed by atoms with van der Waals surface area (Å²) >= 11 is 0. The number of H-pyrrole nitrogens is 1. The molecule has 0 spiro atoms. The SMILES string of the molecule is Cc1ccc2[nH]c(CN3CCOC[C@@H]3CO)cc(=O)c2c1. The van der Waals surface area contributed by atoms with Crippen molar-refractivity contribution in [2.75, 3.05) is 26.4 Å². The number of aryl methyl sites for hydroxylation is 1. The number of nitrogens with zero attached hydrogens (tertiary/aromatic N) is 1. The molecule has 0 saturated carbocycles. The van der Waals surface area contributed by atoms with Crippen LogP contribution < -0.4 is 5.43 Å². The number of ether oxygens (including phenoxy) is 1. The number of hydrogen-bond acceptors (Lipinski definition) is 4. The van der Waals surface area contributed by atoms with E-state index in [2.05, 4.69) is 9.88 Å². The minimum absolute atomic E-state index is 0.00373. The second-order valence-corrected chi connectivity index (χ2v) is 5.59. The number of aliphatic hydroxyl groups excluding tert-OH is 1. The zero-order valence-corrected chi connectivity index (χ0v) is 12.1. The van der Waals surface area contributed by atoms with Gasteiger partial charge in [0.1, 0.15) is 0 Å². The summed E-state index contributed by atoms with van der Waals surface area (Å²) in [6.07, 6.45) is 0. The largest absolute Gasteiger partial charge is 0.395 e. The molecule has 0 radical (unpaired) electrons. The van der Waals surface area contributed by atoms with Gasteiger partial charge in [-0.25, -0.2) is 0 Å². The van der Waals surface area contributed by atoms with E-state index in [1.165, 1.54) is 0 Å². The van der Waals surface area contributed by atoms with Crippen LogP contribution in [0.2, 0.25) is 0 Å². The van der Waals surface area contributed by atoms with E-state index < -0.39 is 0 Å². The first-order chi connectivity index (χ1) is 10.2. The van der Waals surface area contributed by atoms with E-state index in [-0.39, 0.29) is 18.1 Å². The molecule has 1 fully saturated rings. The normalized spacial score (nSPS) is 20.0. The summed E-state index contributed by atoms with van der Waals surface area (Å²) in [6, 6.07) is 7.50. The zero-order valence-electron chi connectivity index (χ0n) is 12.1. The van der Waals surface area contributed by atoms with Gasteiger partial charge in [-0.05, 0) is 19.1 Å². The van der Waals surface area contributed by atoms with Gasteiger partial charge >= 0.3 is 0 Å². The van der Waals surface area contributed by atoms with E-state index in [1.54, 1.807) is 6.07 Å². The Labute approximate surface area is 123 Å². The molecule has 1 saturated heterocycles. The number of benzene rings is 1. The maximum atomic E-state index is 12.2. The number of hydrogen-bond donors (Lipinski definition) is 2. The summed E-state index contributed by atoms with van der Waals surface area (Å²) in [5.41, 5.74) is 2.85. The van der Waals surface area contributed by atoms with Crippen molar-refractivity contribution in [1.82, 2.24) is 9.88 Å². The second-order valence-electron chi connectivity index (χ2n) is 5.59. The number of morpholine rings is 1. The molecule has 1 aliphatic rings. The molecule has 0 unspecified atom stereocenters. The number of aromatic amines is 1. The highest BCUT2D eigenvalue weighted by Gasteiger charge is 2.22. The molecule has 2 N–H and O–H groups in total. The molecule has 0 amide bonds. The third-order valence-electron chi connectivity index (χ3n) is 3.97. The number of rotatable bonds is 3. The van der Waals surface area contributed by atoms with E-state index in [0.29, 0.717) is 19.8 Å². The number of pyridine rings is 1. The third-order valence-corrected chi connectivity index (χ3v) is 3.97. The average Bonchev–Trinajstić information content (AvgIpc) is 2.49. The summed E-state index contributed by atoms with van der Waals surface area (Å²) in [5, 5.41) is 10.1. The first kappa shape index (κ1) is 14.3. The van der Waals surface area contributed by atoms with Gasteiger partial charge in [0.2, 0.25) is 0 Å². The Hall–Kier alpha value is -1.69. The lowest BCUT2D eigenvalue weighted by Crippen LogP contribution is -2.47. The second kappa shape index (κ2) is 5.97. The highest BCUT2D eigenvalue weighted by molar-refractivity contribution is 5.79. The van der Waals surface area contributed by atoms with Crippen LogP contribution in [0.5, 0.6) is 0 Å². The van der Waals surface area contributed by atoms with E-state index in [1.807, 2.05) is 25.1 Å². The fraction of sp³-hybridized carbons (Fsp3) is 0.438. The molecule has 3 rings (SSSR count). The van der Waals surface area contributed by atoms with Gasteiger partial charge < -0.3 is 14.8 Å². The highest BCUT2D eigenvalue weighted by atomic mass is 16.5. The Kier molecular flexibility index (Phi) is 4.05. The number of fused-ring (bicyclic) bond motifs is 1. The molecule has 1 atom stereocenters. The molecule has 1 aromatic heterocycles. The predicted octanol–water partition coefficient (Wildman–Crippen LogP) is 1.03. The van der Waals surface area contributed by atoms with Crippen LogP contribution in [0.25, 0.3) is 10.9 Å². The molecule has 5 nitrogen and oxygen atoms in total. The molecule has 1 aliphatic heterocycles. The smallest absolute Gasteiger partial charge is 0.189 e. The summed E-state index contributed by atoms with van der Waals surface area (Å²) in [4.78, 5) is 17.7. The van der Waals surface area contributed by atoms with E-state index in [9.17, 15) is 9.90 Å². The number of nitrogens with one attached hydrogen (secondary N) is 1. The molecule has 2 heterocycles. The molecule has 5 heteroatoms. The Balaban J connectivity index is 1.90. The molecule has 0 bridgehead atoms. The van der Waals surface area contributed by atoms with Gasteiger partial charge in [-0.2, -0.15) is 0 Å². The van der Waals surface area contributed by atoms with Crippen LogP contribution in [0.4, 0.5) is 0 Å². The van der Waals surface area contributed by atoms with Crippen LogP contribution in [0.15, 0.2) is 29.1 Å². The van der Waals surface area contributed by atoms with Gasteiger partial charge in [-0.1, -0.05) is 11.6 Å². The standard InChI is InChI=1S/C16H20N2O3/c1-11-2-3-15-14(6-11)16(20)7-12(17-15)8-18-4-5-21-10-13(18)9-19/h2-3,6-7,13,19H,4-5,8-10H2,1H3,(H,17,20)/t13-/m0/s1. The van der Waals surface area contributed by atoms with Crippen molar-refractivity contribution in [3.05, 3.63) is 45.7 Å². The van der Waals surface area contributed by atoms with Gasteiger partial charge in [-0.15, -0.1) is 0 Å². The Morgan fingerprint density at radius 3 is 3.10 bits per heavy atom. The maximum Gasteiger partial charge on any atom is 0.189 e. The predicted molar refractivity (Wildman–Crippen MR) is 81.4 cm³/mol. The third kappa shape index (κ3) is 3.00. The van der Waals surface area contributed by atoms with Crippen LogP contribution in [-0.2, 0) is 11.3 Å². The van der Waals surface area contributed by atoms with Crippen molar-refractivity contribution in [3.63, 3.8) is 0 Å². The van der Waals surface area contributed by atoms with Gasteiger partial charge in [0, 0.05) is 35.8 Å². The lowest BCUT2D eigenvalue weighted by molar-refractivity contribution is -0.0317. The molecule has 2 aromatic rings. The van der Waals surface area contributed by atoms with Gasteiger partial charge in [0.05, 0.1) is 25.9 Å². The van der Waals surface area contributed by atoms with Gasteiger partial charge in [-0.3, -0.25) is 9.69 Å². The van der Waals surface area contributed by atoms with Crippen molar-refractivity contribution < 1.29 is 9.84 Å². The fourth-order valence-electron chi connectivity index (χ4n) is 2.79. The van der Waals surface area contributed by atoms with Crippen molar-refractivity contribution in [2.45, 2.75) is 19.5 Å². The summed E-state index contributed by atoms with van der Waals surface area (Å²) in [5.74, 6) is 0. The summed E-state index contributed by atoms with van der Waals surface area (Å²) in [7, 11) is 0. The van der Waals surface area contributed by atoms with Gasteiger partial charge in [0.25, 0.3) is 0 Å². The first-order valence-corrected chi connectivity index (χ1v) is 7.22. The highest BCUT2D eigenvalue weighted by Crippen LogP contribution is 2.14. The van der Waals surface area contributed by atoms with Gasteiger partial charge in [0.15, 0.2) is 5.43 Å². The minimum Gasteiger partial charge on any atom is -0.395 e. The van der Waals surface area contributed by atoms with Crippen molar-refractivity contribution >= 4 is 10.9 Å². The van der Waals surface area contributed by atoms with E-state index in [4.69, 9.17) is 4.74 Å². The maximum absolute atomic E-state index is 12.2. The average molecular weight is 288 g/mol. The Morgan fingerprint density at radius 2 is 2.29 bits per heavy atom. The van der Waals surface area contributed by atoms with Crippen LogP contribution in [-0.4, -0.2) is 47.4 Å². The minimum atomic E-state index is -0.00373.